The van der Waals surface area contributed by atoms with Crippen molar-refractivity contribution in [3.8, 4) is 0 Å². The van der Waals surface area contributed by atoms with Gasteiger partial charge >= 0.3 is 5.97 Å². The Bertz CT molecular complexity index is 553. The number of halogens is 2. The minimum absolute atomic E-state index is 0.0119. The minimum Gasteiger partial charge on any atom is -0.480 e. The van der Waals surface area contributed by atoms with Gasteiger partial charge in [0, 0.05) is 34.2 Å². The molecule has 0 aromatic heterocycles. The molecule has 1 aromatic rings. The van der Waals surface area contributed by atoms with E-state index in [1.54, 1.807) is 0 Å². The summed E-state index contributed by atoms with van der Waals surface area (Å²) < 4.78 is 1.81. The topological polar surface area (TPSA) is 60.9 Å². The molecule has 1 aliphatic heterocycles. The molecule has 1 saturated heterocycles. The summed E-state index contributed by atoms with van der Waals surface area (Å²) in [5.41, 5.74) is 0.691. The Labute approximate surface area is 145 Å². The van der Waals surface area contributed by atoms with Gasteiger partial charge in [-0.1, -0.05) is 15.9 Å². The SMILES string of the molecule is O=C(O)CN1CCCN(C(=O)c2cc(Br)ccc2I)CC1. The number of benzene rings is 1. The first-order valence-electron chi connectivity index (χ1n) is 6.66. The predicted molar refractivity (Wildman–Crippen MR) is 91.5 cm³/mol. The summed E-state index contributed by atoms with van der Waals surface area (Å²) in [4.78, 5) is 27.1. The highest BCUT2D eigenvalue weighted by molar-refractivity contribution is 14.1. The molecule has 21 heavy (non-hydrogen) atoms. The van der Waals surface area contributed by atoms with Crippen molar-refractivity contribution in [3.63, 3.8) is 0 Å². The lowest BCUT2D eigenvalue weighted by atomic mass is 10.2. The number of carbonyl (C=O) groups is 2. The Morgan fingerprint density at radius 1 is 1.24 bits per heavy atom. The van der Waals surface area contributed by atoms with E-state index in [-0.39, 0.29) is 12.5 Å². The average Bonchev–Trinajstić information content (AvgIpc) is 2.66. The quantitative estimate of drug-likeness (QED) is 0.694. The average molecular weight is 467 g/mol. The first kappa shape index (κ1) is 16.7. The lowest BCUT2D eigenvalue weighted by Gasteiger charge is -2.22. The number of hydrogen-bond donors (Lipinski definition) is 1. The summed E-state index contributed by atoms with van der Waals surface area (Å²) in [5.74, 6) is -0.811. The zero-order valence-electron chi connectivity index (χ0n) is 11.4. The van der Waals surface area contributed by atoms with Gasteiger partial charge in [0.05, 0.1) is 12.1 Å². The Kier molecular flexibility index (Phi) is 6.00. The van der Waals surface area contributed by atoms with Gasteiger partial charge in [0.15, 0.2) is 0 Å². The molecule has 1 fully saturated rings. The molecule has 1 amide bonds. The second-order valence-corrected chi connectivity index (χ2v) is 7.02. The fraction of sp³-hybridized carbons (Fsp3) is 0.429. The Hall–Kier alpha value is -0.670. The molecule has 0 spiro atoms. The number of carbonyl (C=O) groups excluding carboxylic acids is 1. The number of amides is 1. The van der Waals surface area contributed by atoms with Crippen LogP contribution >= 0.6 is 38.5 Å². The standard InChI is InChI=1S/C14H16BrIN2O3/c15-10-2-3-12(16)11(8-10)14(21)18-5-1-4-17(6-7-18)9-13(19)20/h2-3,8H,1,4-7,9H2,(H,19,20). The maximum absolute atomic E-state index is 12.6. The van der Waals surface area contributed by atoms with Gasteiger partial charge < -0.3 is 10.0 Å². The van der Waals surface area contributed by atoms with Gasteiger partial charge in [0.2, 0.25) is 0 Å². The van der Waals surface area contributed by atoms with Crippen LogP contribution in [0.1, 0.15) is 16.8 Å². The van der Waals surface area contributed by atoms with Crippen molar-refractivity contribution in [3.05, 3.63) is 31.8 Å². The number of rotatable bonds is 3. The van der Waals surface area contributed by atoms with E-state index in [1.165, 1.54) is 0 Å². The molecule has 5 nitrogen and oxygen atoms in total. The monoisotopic (exact) mass is 466 g/mol. The van der Waals surface area contributed by atoms with E-state index in [4.69, 9.17) is 5.11 Å². The van der Waals surface area contributed by atoms with Gasteiger partial charge in [0.25, 0.3) is 5.91 Å². The molecule has 7 heteroatoms. The largest absolute Gasteiger partial charge is 0.480 e. The molecule has 1 heterocycles. The number of carboxylic acid groups (broad SMARTS) is 1. The summed E-state index contributed by atoms with van der Waals surface area (Å²) in [6.07, 6.45) is 0.795. The van der Waals surface area contributed by atoms with E-state index >= 15 is 0 Å². The molecular formula is C14H16BrIN2O3. The summed E-state index contributed by atoms with van der Waals surface area (Å²) in [7, 11) is 0. The van der Waals surface area contributed by atoms with Crippen LogP contribution in [0.5, 0.6) is 0 Å². The summed E-state index contributed by atoms with van der Waals surface area (Å²) in [6, 6.07) is 5.66. The summed E-state index contributed by atoms with van der Waals surface area (Å²) in [5, 5.41) is 8.85. The van der Waals surface area contributed by atoms with E-state index in [9.17, 15) is 9.59 Å². The van der Waals surface area contributed by atoms with E-state index in [0.29, 0.717) is 31.7 Å². The molecule has 0 bridgehead atoms. The highest BCUT2D eigenvalue weighted by Crippen LogP contribution is 2.20. The highest BCUT2D eigenvalue weighted by atomic mass is 127. The third-order valence-electron chi connectivity index (χ3n) is 3.39. The van der Waals surface area contributed by atoms with Gasteiger partial charge in [-0.05, 0) is 47.2 Å². The van der Waals surface area contributed by atoms with Crippen LogP contribution in [0.3, 0.4) is 0 Å². The molecule has 1 aliphatic rings. The van der Waals surface area contributed by atoms with Crippen molar-refractivity contribution < 1.29 is 14.7 Å². The van der Waals surface area contributed by atoms with E-state index in [1.807, 2.05) is 28.0 Å². The van der Waals surface area contributed by atoms with Crippen molar-refractivity contribution in [1.29, 1.82) is 0 Å². The molecule has 1 aromatic carbocycles. The van der Waals surface area contributed by atoms with Crippen LogP contribution in [0.2, 0.25) is 0 Å². The molecule has 2 rings (SSSR count). The predicted octanol–water partition coefficient (Wildman–Crippen LogP) is 2.29. The van der Waals surface area contributed by atoms with Crippen LogP contribution in [0, 0.1) is 3.57 Å². The lowest BCUT2D eigenvalue weighted by Crippen LogP contribution is -2.37. The second-order valence-electron chi connectivity index (χ2n) is 4.94. The summed E-state index contributed by atoms with van der Waals surface area (Å²) in [6.45, 7) is 2.58. The molecule has 0 atom stereocenters. The van der Waals surface area contributed by atoms with E-state index in [2.05, 4.69) is 38.5 Å². The van der Waals surface area contributed by atoms with Crippen LogP contribution in [-0.2, 0) is 4.79 Å². The van der Waals surface area contributed by atoms with Crippen molar-refractivity contribution >= 4 is 50.4 Å². The molecule has 114 valence electrons. The molecule has 0 radical (unpaired) electrons. The number of nitrogens with zero attached hydrogens (tertiary/aromatic N) is 2. The molecular weight excluding hydrogens is 451 g/mol. The Balaban J connectivity index is 2.06. The second kappa shape index (κ2) is 7.55. The molecule has 0 aliphatic carbocycles. The smallest absolute Gasteiger partial charge is 0.317 e. The first-order chi connectivity index (χ1) is 9.97. The van der Waals surface area contributed by atoms with Crippen LogP contribution in [0.25, 0.3) is 0 Å². The Morgan fingerprint density at radius 2 is 2.00 bits per heavy atom. The maximum atomic E-state index is 12.6. The van der Waals surface area contributed by atoms with Gasteiger partial charge in [-0.2, -0.15) is 0 Å². The van der Waals surface area contributed by atoms with Crippen LogP contribution in [0.4, 0.5) is 0 Å². The number of carboxylic acids is 1. The fourth-order valence-corrected chi connectivity index (χ4v) is 3.28. The van der Waals surface area contributed by atoms with E-state index < -0.39 is 5.97 Å². The van der Waals surface area contributed by atoms with Crippen LogP contribution in [0.15, 0.2) is 22.7 Å². The number of hydrogen-bond acceptors (Lipinski definition) is 3. The Morgan fingerprint density at radius 3 is 2.71 bits per heavy atom. The molecule has 0 saturated carbocycles. The third-order valence-corrected chi connectivity index (χ3v) is 4.83. The van der Waals surface area contributed by atoms with Crippen LogP contribution < -0.4 is 0 Å². The summed E-state index contributed by atoms with van der Waals surface area (Å²) >= 11 is 5.55. The zero-order valence-corrected chi connectivity index (χ0v) is 15.1. The van der Waals surface area contributed by atoms with Crippen LogP contribution in [-0.4, -0.2) is 59.5 Å². The normalized spacial score (nSPS) is 16.6. The fourth-order valence-electron chi connectivity index (χ4n) is 2.36. The van der Waals surface area contributed by atoms with Crippen molar-refractivity contribution in [2.24, 2.45) is 0 Å². The van der Waals surface area contributed by atoms with Gasteiger partial charge in [-0.25, -0.2) is 0 Å². The third kappa shape index (κ3) is 4.65. The molecule has 0 unspecified atom stereocenters. The number of aliphatic carboxylic acids is 1. The van der Waals surface area contributed by atoms with Gasteiger partial charge in [-0.3, -0.25) is 14.5 Å². The van der Waals surface area contributed by atoms with Gasteiger partial charge in [-0.15, -0.1) is 0 Å². The van der Waals surface area contributed by atoms with Crippen molar-refractivity contribution in [1.82, 2.24) is 9.80 Å². The highest BCUT2D eigenvalue weighted by Gasteiger charge is 2.22. The van der Waals surface area contributed by atoms with Crippen molar-refractivity contribution in [2.75, 3.05) is 32.7 Å². The van der Waals surface area contributed by atoms with Crippen molar-refractivity contribution in [2.45, 2.75) is 6.42 Å². The van der Waals surface area contributed by atoms with Gasteiger partial charge in [0.1, 0.15) is 0 Å². The maximum Gasteiger partial charge on any atom is 0.317 e. The lowest BCUT2D eigenvalue weighted by molar-refractivity contribution is -0.138. The zero-order chi connectivity index (χ0) is 15.4. The first-order valence-corrected chi connectivity index (χ1v) is 8.53. The molecule has 1 N–H and O–H groups in total. The minimum atomic E-state index is -0.823. The van der Waals surface area contributed by atoms with E-state index in [0.717, 1.165) is 14.5 Å².